The lowest BCUT2D eigenvalue weighted by Crippen LogP contribution is -2.39. The van der Waals surface area contributed by atoms with Crippen molar-refractivity contribution in [3.05, 3.63) is 34.8 Å². The number of nitriles is 1. The zero-order valence-corrected chi connectivity index (χ0v) is 14.7. The smallest absolute Gasteiger partial charge is 0.240 e. The SMILES string of the molecule is Cc1cnn([C@@H](C)[C@@H](C)NCC(=O)Nc2oc(C)c(C)c2C#N)c1. The summed E-state index contributed by atoms with van der Waals surface area (Å²) in [5.74, 6) is 0.587. The molecule has 2 N–H and O–H groups in total. The van der Waals surface area contributed by atoms with Gasteiger partial charge in [-0.15, -0.1) is 0 Å². The van der Waals surface area contributed by atoms with Gasteiger partial charge in [-0.2, -0.15) is 10.4 Å². The Morgan fingerprint density at radius 3 is 2.71 bits per heavy atom. The minimum Gasteiger partial charge on any atom is -0.444 e. The highest BCUT2D eigenvalue weighted by molar-refractivity contribution is 5.92. The zero-order chi connectivity index (χ0) is 17.9. The number of carbonyl (C=O) groups is 1. The first-order chi connectivity index (χ1) is 11.3. The summed E-state index contributed by atoms with van der Waals surface area (Å²) in [5.41, 5.74) is 2.21. The average Bonchev–Trinajstić information content (AvgIpc) is 3.08. The summed E-state index contributed by atoms with van der Waals surface area (Å²) in [6.07, 6.45) is 3.78. The molecule has 0 radical (unpaired) electrons. The molecule has 0 spiro atoms. The van der Waals surface area contributed by atoms with Crippen molar-refractivity contribution in [2.45, 2.75) is 46.7 Å². The highest BCUT2D eigenvalue weighted by atomic mass is 16.4. The van der Waals surface area contributed by atoms with E-state index in [1.54, 1.807) is 20.0 Å². The molecule has 0 unspecified atom stereocenters. The van der Waals surface area contributed by atoms with E-state index in [-0.39, 0.29) is 30.4 Å². The van der Waals surface area contributed by atoms with Gasteiger partial charge in [0.15, 0.2) is 0 Å². The third-order valence-electron chi connectivity index (χ3n) is 4.21. The molecule has 2 heterocycles. The van der Waals surface area contributed by atoms with Crippen molar-refractivity contribution in [1.29, 1.82) is 5.26 Å². The van der Waals surface area contributed by atoms with Crippen LogP contribution in [0.5, 0.6) is 0 Å². The summed E-state index contributed by atoms with van der Waals surface area (Å²) < 4.78 is 7.31. The summed E-state index contributed by atoms with van der Waals surface area (Å²) in [5, 5.41) is 19.3. The van der Waals surface area contributed by atoms with Gasteiger partial charge < -0.3 is 9.73 Å². The summed E-state index contributed by atoms with van der Waals surface area (Å²) in [6.45, 7) is 9.70. The highest BCUT2D eigenvalue weighted by Crippen LogP contribution is 2.25. The lowest BCUT2D eigenvalue weighted by molar-refractivity contribution is -0.115. The van der Waals surface area contributed by atoms with Gasteiger partial charge in [-0.25, -0.2) is 0 Å². The molecule has 1 amide bonds. The van der Waals surface area contributed by atoms with Crippen molar-refractivity contribution >= 4 is 11.8 Å². The van der Waals surface area contributed by atoms with Crippen molar-refractivity contribution < 1.29 is 9.21 Å². The number of hydrogen-bond donors (Lipinski definition) is 2. The number of aryl methyl sites for hydroxylation is 2. The van der Waals surface area contributed by atoms with E-state index >= 15 is 0 Å². The Bertz CT molecular complexity index is 769. The molecular formula is C17H23N5O2. The predicted molar refractivity (Wildman–Crippen MR) is 90.7 cm³/mol. The van der Waals surface area contributed by atoms with Crippen LogP contribution in [0.1, 0.15) is 42.3 Å². The second kappa shape index (κ2) is 7.32. The first-order valence-electron chi connectivity index (χ1n) is 7.87. The van der Waals surface area contributed by atoms with E-state index in [2.05, 4.69) is 21.8 Å². The highest BCUT2D eigenvalue weighted by Gasteiger charge is 2.18. The Morgan fingerprint density at radius 1 is 1.42 bits per heavy atom. The lowest BCUT2D eigenvalue weighted by Gasteiger charge is -2.21. The molecule has 0 fully saturated rings. The number of nitrogens with one attached hydrogen (secondary N) is 2. The fourth-order valence-electron chi connectivity index (χ4n) is 2.33. The Hall–Kier alpha value is -2.59. The maximum absolute atomic E-state index is 12.1. The van der Waals surface area contributed by atoms with Crippen molar-refractivity contribution in [2.24, 2.45) is 0 Å². The molecule has 0 bridgehead atoms. The van der Waals surface area contributed by atoms with Gasteiger partial charge >= 0.3 is 0 Å². The quantitative estimate of drug-likeness (QED) is 0.848. The van der Waals surface area contributed by atoms with E-state index < -0.39 is 0 Å². The molecule has 0 aliphatic rings. The molecule has 24 heavy (non-hydrogen) atoms. The molecule has 7 nitrogen and oxygen atoms in total. The minimum absolute atomic E-state index is 0.0468. The van der Waals surface area contributed by atoms with Gasteiger partial charge in [0.1, 0.15) is 17.4 Å². The average molecular weight is 329 g/mol. The monoisotopic (exact) mass is 329 g/mol. The molecule has 0 aromatic carbocycles. The number of amides is 1. The molecule has 0 aliphatic carbocycles. The fraction of sp³-hybridized carbons (Fsp3) is 0.471. The minimum atomic E-state index is -0.254. The summed E-state index contributed by atoms with van der Waals surface area (Å²) >= 11 is 0. The number of rotatable bonds is 6. The Balaban J connectivity index is 1.91. The standard InChI is InChI=1S/C17H23N5O2/c1-10-7-20-22(9-10)13(4)12(3)19-8-16(23)21-17-15(6-18)11(2)14(5)24-17/h7,9,12-13,19H,8H2,1-5H3,(H,21,23)/t12-,13+/m1/s1. The third kappa shape index (κ3) is 3.84. The molecule has 0 saturated carbocycles. The Morgan fingerprint density at radius 2 is 2.12 bits per heavy atom. The van der Waals surface area contributed by atoms with E-state index in [0.717, 1.165) is 11.1 Å². The van der Waals surface area contributed by atoms with Crippen LogP contribution in [-0.4, -0.2) is 28.3 Å². The molecule has 7 heteroatoms. The number of aromatic nitrogens is 2. The van der Waals surface area contributed by atoms with E-state index in [1.165, 1.54) is 0 Å². The van der Waals surface area contributed by atoms with Crippen molar-refractivity contribution in [2.75, 3.05) is 11.9 Å². The molecule has 0 aliphatic heterocycles. The molecule has 2 atom stereocenters. The summed E-state index contributed by atoms with van der Waals surface area (Å²) in [4.78, 5) is 12.1. The van der Waals surface area contributed by atoms with Gasteiger partial charge in [0.05, 0.1) is 18.8 Å². The van der Waals surface area contributed by atoms with Crippen LogP contribution in [0.3, 0.4) is 0 Å². The first kappa shape index (κ1) is 17.8. The number of anilines is 1. The van der Waals surface area contributed by atoms with Gasteiger partial charge in [-0.3, -0.25) is 14.8 Å². The normalized spacial score (nSPS) is 13.3. The van der Waals surface area contributed by atoms with Crippen LogP contribution in [-0.2, 0) is 4.79 Å². The Labute approximate surface area is 141 Å². The van der Waals surface area contributed by atoms with Gasteiger partial charge in [0.25, 0.3) is 0 Å². The van der Waals surface area contributed by atoms with Crippen LogP contribution in [0.2, 0.25) is 0 Å². The maximum Gasteiger partial charge on any atom is 0.240 e. The largest absolute Gasteiger partial charge is 0.444 e. The molecule has 2 aromatic rings. The van der Waals surface area contributed by atoms with E-state index in [4.69, 9.17) is 9.68 Å². The second-order valence-electron chi connectivity index (χ2n) is 6.06. The number of nitrogens with zero attached hydrogens (tertiary/aromatic N) is 3. The molecule has 2 aromatic heterocycles. The molecular weight excluding hydrogens is 306 g/mol. The van der Waals surface area contributed by atoms with Gasteiger partial charge in [0.2, 0.25) is 11.8 Å². The van der Waals surface area contributed by atoms with Crippen LogP contribution in [0.25, 0.3) is 0 Å². The maximum atomic E-state index is 12.1. The van der Waals surface area contributed by atoms with Crippen molar-refractivity contribution in [3.63, 3.8) is 0 Å². The molecule has 128 valence electrons. The third-order valence-corrected chi connectivity index (χ3v) is 4.21. The van der Waals surface area contributed by atoms with Crippen LogP contribution < -0.4 is 10.6 Å². The zero-order valence-electron chi connectivity index (χ0n) is 14.7. The number of hydrogen-bond acceptors (Lipinski definition) is 5. The van der Waals surface area contributed by atoms with E-state index in [9.17, 15) is 4.79 Å². The first-order valence-corrected chi connectivity index (χ1v) is 7.87. The van der Waals surface area contributed by atoms with Crippen molar-refractivity contribution in [3.8, 4) is 6.07 Å². The fourth-order valence-corrected chi connectivity index (χ4v) is 2.33. The van der Waals surface area contributed by atoms with E-state index in [0.29, 0.717) is 11.3 Å². The van der Waals surface area contributed by atoms with E-state index in [1.807, 2.05) is 31.6 Å². The molecule has 0 saturated heterocycles. The number of furan rings is 1. The predicted octanol–water partition coefficient (Wildman–Crippen LogP) is 2.45. The van der Waals surface area contributed by atoms with Crippen LogP contribution in [0.4, 0.5) is 5.88 Å². The van der Waals surface area contributed by atoms with Crippen LogP contribution in [0.15, 0.2) is 16.8 Å². The topological polar surface area (TPSA) is 95.9 Å². The van der Waals surface area contributed by atoms with Gasteiger partial charge in [-0.1, -0.05) is 0 Å². The van der Waals surface area contributed by atoms with Gasteiger partial charge in [-0.05, 0) is 40.2 Å². The van der Waals surface area contributed by atoms with Gasteiger partial charge in [0, 0.05) is 17.8 Å². The lowest BCUT2D eigenvalue weighted by atomic mass is 10.1. The van der Waals surface area contributed by atoms with Crippen LogP contribution >= 0.6 is 0 Å². The Kier molecular flexibility index (Phi) is 5.42. The molecule has 2 rings (SSSR count). The second-order valence-corrected chi connectivity index (χ2v) is 6.06. The summed E-state index contributed by atoms with van der Waals surface area (Å²) in [7, 11) is 0. The van der Waals surface area contributed by atoms with Crippen LogP contribution in [0, 0.1) is 32.1 Å². The van der Waals surface area contributed by atoms with Crippen molar-refractivity contribution in [1.82, 2.24) is 15.1 Å². The number of carbonyl (C=O) groups excluding carboxylic acids is 1. The summed E-state index contributed by atoms with van der Waals surface area (Å²) in [6, 6.07) is 2.21.